The number of rotatable bonds is 8. The third-order valence-corrected chi connectivity index (χ3v) is 3.27. The molecule has 1 atom stereocenters. The number of ether oxygens (including phenoxy) is 2. The molecule has 7 nitrogen and oxygen atoms in total. The molecule has 0 bridgehead atoms. The van der Waals surface area contributed by atoms with Crippen LogP contribution in [0.25, 0.3) is 0 Å². The highest BCUT2D eigenvalue weighted by atomic mass is 16.5. The zero-order valence-corrected chi connectivity index (χ0v) is 13.2. The van der Waals surface area contributed by atoms with Gasteiger partial charge in [-0.15, -0.1) is 0 Å². The molecule has 2 rings (SSSR count). The maximum Gasteiger partial charge on any atom is 0.271 e. The first-order valence-corrected chi connectivity index (χ1v) is 7.39. The predicted molar refractivity (Wildman–Crippen MR) is 84.5 cm³/mol. The molecule has 124 valence electrons. The minimum absolute atomic E-state index is 0.206. The van der Waals surface area contributed by atoms with Gasteiger partial charge >= 0.3 is 0 Å². The van der Waals surface area contributed by atoms with E-state index < -0.39 is 6.10 Å². The van der Waals surface area contributed by atoms with E-state index in [-0.39, 0.29) is 24.8 Å². The van der Waals surface area contributed by atoms with E-state index in [2.05, 4.69) is 15.5 Å². The van der Waals surface area contributed by atoms with Crippen LogP contribution < -0.4 is 14.8 Å². The summed E-state index contributed by atoms with van der Waals surface area (Å²) in [4.78, 5) is 11.9. The van der Waals surface area contributed by atoms with Crippen LogP contribution in [0.3, 0.4) is 0 Å². The average molecular weight is 319 g/mol. The van der Waals surface area contributed by atoms with Crippen LogP contribution in [-0.4, -0.2) is 41.0 Å². The molecule has 0 aliphatic rings. The zero-order chi connectivity index (χ0) is 16.7. The van der Waals surface area contributed by atoms with E-state index in [0.29, 0.717) is 23.6 Å². The molecule has 1 heterocycles. The molecule has 0 saturated carbocycles. The van der Waals surface area contributed by atoms with Gasteiger partial charge in [-0.1, -0.05) is 13.0 Å². The lowest BCUT2D eigenvalue weighted by Crippen LogP contribution is -2.31. The normalized spacial score (nSPS) is 11.8. The number of amides is 1. The fraction of sp³-hybridized carbons (Fsp3) is 0.375. The highest BCUT2D eigenvalue weighted by Gasteiger charge is 2.12. The molecule has 0 spiro atoms. The third-order valence-electron chi connectivity index (χ3n) is 3.27. The number of nitrogens with zero attached hydrogens (tertiary/aromatic N) is 1. The molecule has 1 aromatic heterocycles. The largest absolute Gasteiger partial charge is 0.497 e. The van der Waals surface area contributed by atoms with Crippen LogP contribution in [0.2, 0.25) is 0 Å². The van der Waals surface area contributed by atoms with E-state index in [1.165, 1.54) is 0 Å². The van der Waals surface area contributed by atoms with Crippen molar-refractivity contribution >= 4 is 5.91 Å². The molecule has 23 heavy (non-hydrogen) atoms. The maximum atomic E-state index is 11.9. The SMILES string of the molecule is CC[C@@H](O)CNC(=O)c1cc(COc2cccc(OC)c2)[nH]n1. The van der Waals surface area contributed by atoms with Crippen molar-refractivity contribution < 1.29 is 19.4 Å². The summed E-state index contributed by atoms with van der Waals surface area (Å²) in [6.45, 7) is 2.31. The number of aromatic nitrogens is 2. The Morgan fingerprint density at radius 3 is 2.91 bits per heavy atom. The van der Waals surface area contributed by atoms with Gasteiger partial charge in [-0.25, -0.2) is 0 Å². The van der Waals surface area contributed by atoms with Gasteiger partial charge in [0.1, 0.15) is 23.8 Å². The third kappa shape index (κ3) is 5.00. The standard InChI is InChI=1S/C16H21N3O4/c1-3-12(20)9-17-16(21)15-7-11(18-19-15)10-23-14-6-4-5-13(8-14)22-2/h4-8,12,20H,3,9-10H2,1-2H3,(H,17,21)(H,18,19)/t12-/m1/s1. The van der Waals surface area contributed by atoms with Crippen LogP contribution >= 0.6 is 0 Å². The maximum absolute atomic E-state index is 11.9. The van der Waals surface area contributed by atoms with Crippen molar-refractivity contribution in [1.82, 2.24) is 15.5 Å². The quantitative estimate of drug-likeness (QED) is 0.685. The molecule has 0 unspecified atom stereocenters. The van der Waals surface area contributed by atoms with Crippen molar-refractivity contribution in [3.8, 4) is 11.5 Å². The number of hydrogen-bond acceptors (Lipinski definition) is 5. The molecular weight excluding hydrogens is 298 g/mol. The fourth-order valence-electron chi connectivity index (χ4n) is 1.85. The molecule has 3 N–H and O–H groups in total. The Balaban J connectivity index is 1.87. The highest BCUT2D eigenvalue weighted by molar-refractivity contribution is 5.92. The number of carbonyl (C=O) groups excluding carboxylic acids is 1. The summed E-state index contributed by atoms with van der Waals surface area (Å²) in [5, 5.41) is 18.8. The Hall–Kier alpha value is -2.54. The van der Waals surface area contributed by atoms with Gasteiger partial charge in [-0.3, -0.25) is 9.89 Å². The summed E-state index contributed by atoms with van der Waals surface area (Å²) in [6, 6.07) is 8.87. The first kappa shape index (κ1) is 16.8. The van der Waals surface area contributed by atoms with Crippen molar-refractivity contribution in [3.63, 3.8) is 0 Å². The van der Waals surface area contributed by atoms with Crippen LogP contribution in [0.15, 0.2) is 30.3 Å². The second-order valence-corrected chi connectivity index (χ2v) is 5.02. The number of carbonyl (C=O) groups is 1. The summed E-state index contributed by atoms with van der Waals surface area (Å²) in [7, 11) is 1.59. The van der Waals surface area contributed by atoms with Crippen LogP contribution in [0, 0.1) is 0 Å². The number of aliphatic hydroxyl groups excluding tert-OH is 1. The molecule has 2 aromatic rings. The second kappa shape index (κ2) is 8.19. The monoisotopic (exact) mass is 319 g/mol. The van der Waals surface area contributed by atoms with Crippen molar-refractivity contribution in [2.75, 3.05) is 13.7 Å². The lowest BCUT2D eigenvalue weighted by Gasteiger charge is -2.07. The van der Waals surface area contributed by atoms with E-state index in [1.807, 2.05) is 25.1 Å². The highest BCUT2D eigenvalue weighted by Crippen LogP contribution is 2.19. The summed E-state index contributed by atoms with van der Waals surface area (Å²) in [6.07, 6.45) is 0.0364. The minimum Gasteiger partial charge on any atom is -0.497 e. The Morgan fingerprint density at radius 1 is 1.39 bits per heavy atom. The molecule has 1 amide bonds. The molecule has 1 aromatic carbocycles. The smallest absolute Gasteiger partial charge is 0.271 e. The Bertz CT molecular complexity index is 642. The Kier molecular flexibility index (Phi) is 5.99. The number of H-pyrrole nitrogens is 1. The molecule has 0 aliphatic heterocycles. The number of methoxy groups -OCH3 is 1. The molecule has 7 heteroatoms. The van der Waals surface area contributed by atoms with Crippen LogP contribution in [0.1, 0.15) is 29.5 Å². The van der Waals surface area contributed by atoms with E-state index in [1.54, 1.807) is 19.2 Å². The first-order chi connectivity index (χ1) is 11.1. The van der Waals surface area contributed by atoms with E-state index in [0.717, 1.165) is 0 Å². The van der Waals surface area contributed by atoms with Crippen molar-refractivity contribution in [3.05, 3.63) is 41.7 Å². The lowest BCUT2D eigenvalue weighted by molar-refractivity contribution is 0.0909. The van der Waals surface area contributed by atoms with Gasteiger partial charge in [0.15, 0.2) is 0 Å². The number of benzene rings is 1. The fourth-order valence-corrected chi connectivity index (χ4v) is 1.85. The molecule has 0 saturated heterocycles. The van der Waals surface area contributed by atoms with Crippen molar-refractivity contribution in [1.29, 1.82) is 0 Å². The van der Waals surface area contributed by atoms with Gasteiger partial charge in [0, 0.05) is 12.6 Å². The molecule has 0 aliphatic carbocycles. The second-order valence-electron chi connectivity index (χ2n) is 5.02. The average Bonchev–Trinajstić information content (AvgIpc) is 3.06. The first-order valence-electron chi connectivity index (χ1n) is 7.39. The van der Waals surface area contributed by atoms with Gasteiger partial charge in [-0.2, -0.15) is 5.10 Å². The Morgan fingerprint density at radius 2 is 2.17 bits per heavy atom. The van der Waals surface area contributed by atoms with Crippen LogP contribution in [0.5, 0.6) is 11.5 Å². The van der Waals surface area contributed by atoms with Crippen molar-refractivity contribution in [2.24, 2.45) is 0 Å². The summed E-state index contributed by atoms with van der Waals surface area (Å²) in [5.41, 5.74) is 0.937. The number of aliphatic hydroxyl groups is 1. The number of nitrogens with one attached hydrogen (secondary N) is 2. The summed E-state index contributed by atoms with van der Waals surface area (Å²) >= 11 is 0. The summed E-state index contributed by atoms with van der Waals surface area (Å²) < 4.78 is 10.7. The summed E-state index contributed by atoms with van der Waals surface area (Å²) in [5.74, 6) is 1.04. The van der Waals surface area contributed by atoms with Crippen LogP contribution in [0.4, 0.5) is 0 Å². The van der Waals surface area contributed by atoms with E-state index in [4.69, 9.17) is 9.47 Å². The molecular formula is C16H21N3O4. The topological polar surface area (TPSA) is 96.5 Å². The van der Waals surface area contributed by atoms with Gasteiger partial charge in [0.25, 0.3) is 5.91 Å². The van der Waals surface area contributed by atoms with Gasteiger partial charge in [0.05, 0.1) is 18.9 Å². The number of aromatic amines is 1. The van der Waals surface area contributed by atoms with Crippen LogP contribution in [-0.2, 0) is 6.61 Å². The number of hydrogen-bond donors (Lipinski definition) is 3. The lowest BCUT2D eigenvalue weighted by atomic mass is 10.2. The van der Waals surface area contributed by atoms with Crippen molar-refractivity contribution in [2.45, 2.75) is 26.1 Å². The minimum atomic E-state index is -0.547. The molecule has 0 radical (unpaired) electrons. The molecule has 0 fully saturated rings. The van der Waals surface area contributed by atoms with E-state index >= 15 is 0 Å². The van der Waals surface area contributed by atoms with Gasteiger partial charge in [0.2, 0.25) is 0 Å². The predicted octanol–water partition coefficient (Wildman–Crippen LogP) is 1.50. The van der Waals surface area contributed by atoms with E-state index in [9.17, 15) is 9.90 Å². The zero-order valence-electron chi connectivity index (χ0n) is 13.2. The van der Waals surface area contributed by atoms with Gasteiger partial charge < -0.3 is 19.9 Å². The Labute approximate surface area is 134 Å². The van der Waals surface area contributed by atoms with Gasteiger partial charge in [-0.05, 0) is 24.6 Å².